The highest BCUT2D eigenvalue weighted by molar-refractivity contribution is 7.18. The molecule has 4 nitrogen and oxygen atoms in total. The Morgan fingerprint density at radius 1 is 1.20 bits per heavy atom. The molecule has 3 heterocycles. The highest BCUT2D eigenvalue weighted by Gasteiger charge is 2.10. The van der Waals surface area contributed by atoms with Crippen molar-refractivity contribution in [1.82, 2.24) is 15.0 Å². The van der Waals surface area contributed by atoms with Gasteiger partial charge in [0.1, 0.15) is 16.5 Å². The number of anilines is 1. The van der Waals surface area contributed by atoms with Gasteiger partial charge >= 0.3 is 0 Å². The number of fused-ring (bicyclic) bond motifs is 1. The fourth-order valence-electron chi connectivity index (χ4n) is 2.15. The van der Waals surface area contributed by atoms with Crippen LogP contribution in [0.25, 0.3) is 10.2 Å². The Morgan fingerprint density at radius 2 is 2.00 bits per heavy atom. The predicted octanol–water partition coefficient (Wildman–Crippen LogP) is 3.42. The monoisotopic (exact) mass is 284 g/mol. The molecule has 0 aromatic carbocycles. The van der Waals surface area contributed by atoms with Crippen molar-refractivity contribution in [3.8, 4) is 0 Å². The summed E-state index contributed by atoms with van der Waals surface area (Å²) < 4.78 is 0. The van der Waals surface area contributed by atoms with Crippen LogP contribution < -0.4 is 5.32 Å². The van der Waals surface area contributed by atoms with Gasteiger partial charge in [-0.05, 0) is 37.6 Å². The van der Waals surface area contributed by atoms with E-state index >= 15 is 0 Å². The third-order valence-corrected chi connectivity index (χ3v) is 3.96. The van der Waals surface area contributed by atoms with Crippen LogP contribution in [0.2, 0.25) is 0 Å². The van der Waals surface area contributed by atoms with E-state index in [2.05, 4.69) is 40.2 Å². The average Bonchev–Trinajstić information content (AvgIpc) is 2.81. The van der Waals surface area contributed by atoms with Crippen LogP contribution in [0.5, 0.6) is 0 Å². The van der Waals surface area contributed by atoms with E-state index in [-0.39, 0.29) is 0 Å². The highest BCUT2D eigenvalue weighted by atomic mass is 32.1. The van der Waals surface area contributed by atoms with E-state index in [0.717, 1.165) is 34.8 Å². The van der Waals surface area contributed by atoms with Gasteiger partial charge in [-0.3, -0.25) is 4.98 Å². The van der Waals surface area contributed by atoms with Gasteiger partial charge in [-0.2, -0.15) is 0 Å². The van der Waals surface area contributed by atoms with Gasteiger partial charge in [0, 0.05) is 30.2 Å². The molecule has 0 fully saturated rings. The van der Waals surface area contributed by atoms with Crippen molar-refractivity contribution in [2.24, 2.45) is 0 Å². The van der Waals surface area contributed by atoms with E-state index in [0.29, 0.717) is 0 Å². The molecule has 3 aromatic rings. The van der Waals surface area contributed by atoms with Gasteiger partial charge in [-0.15, -0.1) is 11.3 Å². The SMILES string of the molecule is CCNc1nc(Cc2ccncc2)nc2sc(C)cc12. The van der Waals surface area contributed by atoms with E-state index in [1.54, 1.807) is 23.7 Å². The van der Waals surface area contributed by atoms with Crippen LogP contribution in [-0.2, 0) is 6.42 Å². The Bertz CT molecular complexity index is 721. The normalized spacial score (nSPS) is 10.9. The van der Waals surface area contributed by atoms with E-state index in [1.165, 1.54) is 10.4 Å². The summed E-state index contributed by atoms with van der Waals surface area (Å²) in [6, 6.07) is 6.15. The lowest BCUT2D eigenvalue weighted by Gasteiger charge is -2.07. The van der Waals surface area contributed by atoms with Crippen LogP contribution in [0.15, 0.2) is 30.6 Å². The van der Waals surface area contributed by atoms with Crippen LogP contribution in [0.1, 0.15) is 23.2 Å². The molecule has 1 N–H and O–H groups in total. The number of pyridine rings is 1. The lowest BCUT2D eigenvalue weighted by Crippen LogP contribution is -2.04. The first-order valence-electron chi connectivity index (χ1n) is 6.66. The number of hydrogen-bond acceptors (Lipinski definition) is 5. The predicted molar refractivity (Wildman–Crippen MR) is 83.4 cm³/mol. The number of nitrogens with one attached hydrogen (secondary N) is 1. The van der Waals surface area contributed by atoms with Crippen molar-refractivity contribution in [3.05, 3.63) is 46.9 Å². The van der Waals surface area contributed by atoms with Gasteiger partial charge in [0.2, 0.25) is 0 Å². The van der Waals surface area contributed by atoms with Gasteiger partial charge in [0.25, 0.3) is 0 Å². The fraction of sp³-hybridized carbons (Fsp3) is 0.267. The van der Waals surface area contributed by atoms with Crippen LogP contribution in [-0.4, -0.2) is 21.5 Å². The minimum absolute atomic E-state index is 0.730. The molecule has 5 heteroatoms. The molecule has 0 unspecified atom stereocenters. The number of aromatic nitrogens is 3. The molecule has 0 bridgehead atoms. The summed E-state index contributed by atoms with van der Waals surface area (Å²) in [6.07, 6.45) is 4.33. The smallest absolute Gasteiger partial charge is 0.138 e. The Labute approximate surface area is 121 Å². The molecule has 0 aliphatic carbocycles. The molecule has 0 saturated heterocycles. The second kappa shape index (κ2) is 5.54. The lowest BCUT2D eigenvalue weighted by atomic mass is 10.2. The topological polar surface area (TPSA) is 50.7 Å². The molecule has 0 amide bonds. The van der Waals surface area contributed by atoms with Crippen LogP contribution in [0.3, 0.4) is 0 Å². The Morgan fingerprint density at radius 3 is 2.75 bits per heavy atom. The summed E-state index contributed by atoms with van der Waals surface area (Å²) in [4.78, 5) is 15.7. The molecule has 0 radical (unpaired) electrons. The summed E-state index contributed by atoms with van der Waals surface area (Å²) in [5.74, 6) is 1.78. The molecule has 0 saturated carbocycles. The fourth-order valence-corrected chi connectivity index (χ4v) is 3.05. The quantitative estimate of drug-likeness (QED) is 0.797. The zero-order valence-corrected chi connectivity index (χ0v) is 12.4. The molecule has 0 aliphatic rings. The molecule has 3 rings (SSSR count). The van der Waals surface area contributed by atoms with Crippen molar-refractivity contribution in [3.63, 3.8) is 0 Å². The number of hydrogen-bond donors (Lipinski definition) is 1. The molecular formula is C15H16N4S. The van der Waals surface area contributed by atoms with E-state index < -0.39 is 0 Å². The van der Waals surface area contributed by atoms with E-state index in [9.17, 15) is 0 Å². The largest absolute Gasteiger partial charge is 0.370 e. The highest BCUT2D eigenvalue weighted by Crippen LogP contribution is 2.28. The van der Waals surface area contributed by atoms with Crippen molar-refractivity contribution < 1.29 is 0 Å². The maximum absolute atomic E-state index is 4.68. The van der Waals surface area contributed by atoms with Crippen LogP contribution in [0.4, 0.5) is 5.82 Å². The number of rotatable bonds is 4. The van der Waals surface area contributed by atoms with Crippen LogP contribution in [0, 0.1) is 6.92 Å². The second-order valence-electron chi connectivity index (χ2n) is 4.63. The van der Waals surface area contributed by atoms with Crippen molar-refractivity contribution in [1.29, 1.82) is 0 Å². The molecular weight excluding hydrogens is 268 g/mol. The van der Waals surface area contributed by atoms with Crippen molar-refractivity contribution >= 4 is 27.4 Å². The van der Waals surface area contributed by atoms with E-state index in [4.69, 9.17) is 0 Å². The zero-order valence-electron chi connectivity index (χ0n) is 11.6. The third kappa shape index (κ3) is 2.63. The number of aryl methyl sites for hydroxylation is 1. The average molecular weight is 284 g/mol. The molecule has 20 heavy (non-hydrogen) atoms. The molecule has 0 atom stereocenters. The Kier molecular flexibility index (Phi) is 3.60. The molecule has 3 aromatic heterocycles. The maximum atomic E-state index is 4.68. The Hall–Kier alpha value is -2.01. The minimum atomic E-state index is 0.730. The first-order valence-corrected chi connectivity index (χ1v) is 7.47. The zero-order chi connectivity index (χ0) is 13.9. The van der Waals surface area contributed by atoms with Crippen molar-refractivity contribution in [2.45, 2.75) is 20.3 Å². The van der Waals surface area contributed by atoms with Crippen molar-refractivity contribution in [2.75, 3.05) is 11.9 Å². The minimum Gasteiger partial charge on any atom is -0.370 e. The summed E-state index contributed by atoms with van der Waals surface area (Å²) in [5, 5.41) is 4.45. The molecule has 102 valence electrons. The second-order valence-corrected chi connectivity index (χ2v) is 5.86. The number of thiophene rings is 1. The van der Waals surface area contributed by atoms with E-state index in [1.807, 2.05) is 12.1 Å². The lowest BCUT2D eigenvalue weighted by molar-refractivity contribution is 0.986. The summed E-state index contributed by atoms with van der Waals surface area (Å²) in [6.45, 7) is 5.04. The van der Waals surface area contributed by atoms with Gasteiger partial charge in [0.05, 0.1) is 5.39 Å². The van der Waals surface area contributed by atoms with Gasteiger partial charge in [-0.25, -0.2) is 9.97 Å². The number of nitrogens with zero attached hydrogens (tertiary/aromatic N) is 3. The third-order valence-electron chi connectivity index (χ3n) is 3.02. The molecule has 0 spiro atoms. The summed E-state index contributed by atoms with van der Waals surface area (Å²) in [5.41, 5.74) is 1.18. The van der Waals surface area contributed by atoms with Crippen LogP contribution >= 0.6 is 11.3 Å². The summed E-state index contributed by atoms with van der Waals surface area (Å²) >= 11 is 1.71. The van der Waals surface area contributed by atoms with Gasteiger partial charge in [-0.1, -0.05) is 0 Å². The van der Waals surface area contributed by atoms with Gasteiger partial charge in [0.15, 0.2) is 0 Å². The summed E-state index contributed by atoms with van der Waals surface area (Å²) in [7, 11) is 0. The standard InChI is InChI=1S/C15H16N4S/c1-3-17-14-12-8-10(2)20-15(12)19-13(18-14)9-11-4-6-16-7-5-11/h4-8H,3,9H2,1-2H3,(H,17,18,19). The maximum Gasteiger partial charge on any atom is 0.138 e. The first kappa shape index (κ1) is 13.0. The Balaban J connectivity index is 2.03. The first-order chi connectivity index (χ1) is 9.76. The van der Waals surface area contributed by atoms with Gasteiger partial charge < -0.3 is 5.32 Å². The molecule has 0 aliphatic heterocycles.